The molecular formula is C16H20BrN3. The Morgan fingerprint density at radius 1 is 1.20 bits per heavy atom. The van der Waals surface area contributed by atoms with Crippen molar-refractivity contribution in [2.75, 3.05) is 25.0 Å². The number of benzene rings is 1. The molecule has 0 atom stereocenters. The summed E-state index contributed by atoms with van der Waals surface area (Å²) in [5.41, 5.74) is 2.27. The van der Waals surface area contributed by atoms with Crippen molar-refractivity contribution in [3.05, 3.63) is 58.8 Å². The molecule has 0 spiro atoms. The number of hydrogen-bond donors (Lipinski definition) is 1. The highest BCUT2D eigenvalue weighted by Gasteiger charge is 2.04. The molecular weight excluding hydrogens is 314 g/mol. The van der Waals surface area contributed by atoms with Gasteiger partial charge in [-0.2, -0.15) is 0 Å². The van der Waals surface area contributed by atoms with Gasteiger partial charge in [-0.25, -0.2) is 0 Å². The number of nitrogens with one attached hydrogen (secondary N) is 1. The summed E-state index contributed by atoms with van der Waals surface area (Å²) in [6, 6.07) is 14.3. The minimum Gasteiger partial charge on any atom is -0.384 e. The van der Waals surface area contributed by atoms with Crippen molar-refractivity contribution in [1.82, 2.24) is 9.88 Å². The standard InChI is InChI=1S/C16H20BrN3/c1-2-20(13-16-7-3-4-9-18-16)11-10-19-15-8-5-6-14(17)12-15/h3-9,12,19H,2,10-11,13H2,1H3. The minimum atomic E-state index is 0.900. The van der Waals surface area contributed by atoms with Crippen molar-refractivity contribution >= 4 is 21.6 Å². The van der Waals surface area contributed by atoms with Gasteiger partial charge >= 0.3 is 0 Å². The van der Waals surface area contributed by atoms with Gasteiger partial charge in [0, 0.05) is 36.0 Å². The monoisotopic (exact) mass is 333 g/mol. The van der Waals surface area contributed by atoms with Gasteiger partial charge in [-0.3, -0.25) is 9.88 Å². The van der Waals surface area contributed by atoms with E-state index in [1.54, 1.807) is 0 Å². The zero-order valence-corrected chi connectivity index (χ0v) is 13.3. The van der Waals surface area contributed by atoms with E-state index < -0.39 is 0 Å². The van der Waals surface area contributed by atoms with Crippen LogP contribution in [-0.4, -0.2) is 29.5 Å². The molecule has 0 radical (unpaired) electrons. The van der Waals surface area contributed by atoms with Gasteiger partial charge in [0.2, 0.25) is 0 Å². The second-order valence-electron chi connectivity index (χ2n) is 4.63. The summed E-state index contributed by atoms with van der Waals surface area (Å²) in [5, 5.41) is 3.44. The molecule has 0 fully saturated rings. The summed E-state index contributed by atoms with van der Waals surface area (Å²) in [5.74, 6) is 0. The normalized spacial score (nSPS) is 10.8. The molecule has 0 saturated heterocycles. The summed E-state index contributed by atoms with van der Waals surface area (Å²) in [4.78, 5) is 6.76. The Kier molecular flexibility index (Phi) is 6.02. The average Bonchev–Trinajstić information content (AvgIpc) is 2.47. The highest BCUT2D eigenvalue weighted by atomic mass is 79.9. The first-order valence-electron chi connectivity index (χ1n) is 6.89. The predicted molar refractivity (Wildman–Crippen MR) is 87.8 cm³/mol. The van der Waals surface area contributed by atoms with Crippen molar-refractivity contribution in [1.29, 1.82) is 0 Å². The van der Waals surface area contributed by atoms with Gasteiger partial charge in [0.25, 0.3) is 0 Å². The van der Waals surface area contributed by atoms with E-state index in [2.05, 4.69) is 56.3 Å². The Labute approximate surface area is 129 Å². The van der Waals surface area contributed by atoms with Crippen molar-refractivity contribution in [3.8, 4) is 0 Å². The van der Waals surface area contributed by atoms with Crippen LogP contribution in [0.2, 0.25) is 0 Å². The molecule has 1 heterocycles. The van der Waals surface area contributed by atoms with E-state index in [0.717, 1.165) is 42.0 Å². The summed E-state index contributed by atoms with van der Waals surface area (Å²) >= 11 is 3.48. The van der Waals surface area contributed by atoms with Crippen molar-refractivity contribution in [2.45, 2.75) is 13.5 Å². The first-order valence-corrected chi connectivity index (χ1v) is 7.69. The van der Waals surface area contributed by atoms with Crippen LogP contribution in [0.15, 0.2) is 53.1 Å². The quantitative estimate of drug-likeness (QED) is 0.835. The molecule has 3 nitrogen and oxygen atoms in total. The zero-order chi connectivity index (χ0) is 14.2. The number of hydrogen-bond acceptors (Lipinski definition) is 3. The molecule has 2 rings (SSSR count). The Hall–Kier alpha value is -1.39. The predicted octanol–water partition coefficient (Wildman–Crippen LogP) is 3.78. The Morgan fingerprint density at radius 3 is 2.80 bits per heavy atom. The highest BCUT2D eigenvalue weighted by Crippen LogP contribution is 2.15. The van der Waals surface area contributed by atoms with Crippen LogP contribution in [0.4, 0.5) is 5.69 Å². The van der Waals surface area contributed by atoms with E-state index >= 15 is 0 Å². The molecule has 2 aromatic rings. The fourth-order valence-corrected chi connectivity index (χ4v) is 2.43. The lowest BCUT2D eigenvalue weighted by Crippen LogP contribution is -2.28. The highest BCUT2D eigenvalue weighted by molar-refractivity contribution is 9.10. The lowest BCUT2D eigenvalue weighted by atomic mass is 10.3. The number of pyridine rings is 1. The van der Waals surface area contributed by atoms with Gasteiger partial charge in [0.1, 0.15) is 0 Å². The number of nitrogens with zero attached hydrogens (tertiary/aromatic N) is 2. The Balaban J connectivity index is 1.79. The third kappa shape index (κ3) is 4.94. The lowest BCUT2D eigenvalue weighted by molar-refractivity contribution is 0.287. The third-order valence-corrected chi connectivity index (χ3v) is 3.63. The molecule has 1 N–H and O–H groups in total. The van der Waals surface area contributed by atoms with Crippen LogP contribution >= 0.6 is 15.9 Å². The number of rotatable bonds is 7. The van der Waals surface area contributed by atoms with Crippen LogP contribution in [0.5, 0.6) is 0 Å². The van der Waals surface area contributed by atoms with Crippen LogP contribution in [0.1, 0.15) is 12.6 Å². The molecule has 0 unspecified atom stereocenters. The number of anilines is 1. The fraction of sp³-hybridized carbons (Fsp3) is 0.312. The number of halogens is 1. The van der Waals surface area contributed by atoms with Crippen LogP contribution in [-0.2, 0) is 6.54 Å². The third-order valence-electron chi connectivity index (χ3n) is 3.14. The van der Waals surface area contributed by atoms with E-state index in [4.69, 9.17) is 0 Å². The fourth-order valence-electron chi connectivity index (χ4n) is 2.03. The van der Waals surface area contributed by atoms with Gasteiger partial charge in [-0.15, -0.1) is 0 Å². The largest absolute Gasteiger partial charge is 0.384 e. The molecule has 0 amide bonds. The van der Waals surface area contributed by atoms with Crippen molar-refractivity contribution < 1.29 is 0 Å². The Morgan fingerprint density at radius 2 is 2.10 bits per heavy atom. The molecule has 1 aromatic heterocycles. The molecule has 0 saturated carbocycles. The van der Waals surface area contributed by atoms with Crippen molar-refractivity contribution in [3.63, 3.8) is 0 Å². The maximum absolute atomic E-state index is 4.38. The maximum atomic E-state index is 4.38. The smallest absolute Gasteiger partial charge is 0.0543 e. The second kappa shape index (κ2) is 8.02. The maximum Gasteiger partial charge on any atom is 0.0543 e. The van der Waals surface area contributed by atoms with Crippen LogP contribution in [0.25, 0.3) is 0 Å². The van der Waals surface area contributed by atoms with Crippen LogP contribution in [0, 0.1) is 0 Å². The number of aromatic nitrogens is 1. The van der Waals surface area contributed by atoms with E-state index in [9.17, 15) is 0 Å². The summed E-state index contributed by atoms with van der Waals surface area (Å²) in [6.07, 6.45) is 1.85. The SMILES string of the molecule is CCN(CCNc1cccc(Br)c1)Cc1ccccn1. The van der Waals surface area contributed by atoms with Crippen LogP contribution < -0.4 is 5.32 Å². The van der Waals surface area contributed by atoms with E-state index in [-0.39, 0.29) is 0 Å². The van der Waals surface area contributed by atoms with Gasteiger partial charge in [0.05, 0.1) is 5.69 Å². The molecule has 1 aromatic carbocycles. The van der Waals surface area contributed by atoms with Crippen LogP contribution in [0.3, 0.4) is 0 Å². The van der Waals surface area contributed by atoms with Crippen molar-refractivity contribution in [2.24, 2.45) is 0 Å². The summed E-state index contributed by atoms with van der Waals surface area (Å²) in [7, 11) is 0. The Bertz CT molecular complexity index is 516. The van der Waals surface area contributed by atoms with E-state index in [0.29, 0.717) is 0 Å². The van der Waals surface area contributed by atoms with E-state index in [1.807, 2.05) is 30.5 Å². The molecule has 0 bridgehead atoms. The van der Waals surface area contributed by atoms with Gasteiger partial charge in [-0.05, 0) is 36.9 Å². The van der Waals surface area contributed by atoms with Gasteiger partial charge in [0.15, 0.2) is 0 Å². The summed E-state index contributed by atoms with van der Waals surface area (Å²) in [6.45, 7) is 6.03. The second-order valence-corrected chi connectivity index (χ2v) is 5.54. The average molecular weight is 334 g/mol. The molecule has 0 aliphatic carbocycles. The molecule has 0 aliphatic heterocycles. The van der Waals surface area contributed by atoms with Gasteiger partial charge < -0.3 is 5.32 Å². The molecule has 106 valence electrons. The topological polar surface area (TPSA) is 28.2 Å². The minimum absolute atomic E-state index is 0.900. The van der Waals surface area contributed by atoms with Gasteiger partial charge in [-0.1, -0.05) is 35.0 Å². The molecule has 0 aliphatic rings. The number of likely N-dealkylation sites (N-methyl/N-ethyl adjacent to an activating group) is 1. The van der Waals surface area contributed by atoms with E-state index in [1.165, 1.54) is 0 Å². The lowest BCUT2D eigenvalue weighted by Gasteiger charge is -2.20. The molecule has 4 heteroatoms. The first-order chi connectivity index (χ1) is 9.78. The molecule has 20 heavy (non-hydrogen) atoms. The first kappa shape index (κ1) is 15.0. The summed E-state index contributed by atoms with van der Waals surface area (Å²) < 4.78 is 1.10. The zero-order valence-electron chi connectivity index (χ0n) is 11.7.